The number of hydrogen-bond acceptors (Lipinski definition) is 4. The maximum atomic E-state index is 13.4. The zero-order valence-corrected chi connectivity index (χ0v) is 23.5. The van der Waals surface area contributed by atoms with Crippen molar-refractivity contribution >= 4 is 46.6 Å². The maximum Gasteiger partial charge on any atom is 0.248 e. The summed E-state index contributed by atoms with van der Waals surface area (Å²) in [6, 6.07) is 32.1. The fourth-order valence-electron chi connectivity index (χ4n) is 4.30. The third kappa shape index (κ3) is 7.30. The van der Waals surface area contributed by atoms with E-state index in [1.165, 1.54) is 6.08 Å². The Morgan fingerprint density at radius 3 is 2.29 bits per heavy atom. The molecule has 6 nitrogen and oxygen atoms in total. The molecule has 1 heterocycles. The van der Waals surface area contributed by atoms with E-state index in [9.17, 15) is 14.4 Å². The molecule has 4 aromatic carbocycles. The van der Waals surface area contributed by atoms with E-state index >= 15 is 0 Å². The number of benzene rings is 4. The van der Waals surface area contributed by atoms with Crippen molar-refractivity contribution in [3.63, 3.8) is 0 Å². The van der Waals surface area contributed by atoms with E-state index in [0.717, 1.165) is 16.7 Å². The van der Waals surface area contributed by atoms with Crippen LogP contribution in [-0.2, 0) is 16.0 Å². The Morgan fingerprint density at radius 1 is 0.810 bits per heavy atom. The minimum absolute atomic E-state index is 0.162. The molecule has 2 N–H and O–H groups in total. The second-order valence-corrected chi connectivity index (χ2v) is 10.1. The van der Waals surface area contributed by atoms with E-state index in [4.69, 9.17) is 16.0 Å². The van der Waals surface area contributed by atoms with Crippen LogP contribution in [0.5, 0.6) is 0 Å². The Hall–Kier alpha value is -5.20. The minimum Gasteiger partial charge on any atom is -0.457 e. The van der Waals surface area contributed by atoms with Gasteiger partial charge in [-0.2, -0.15) is 0 Å². The number of nitrogens with one attached hydrogen (secondary N) is 2. The van der Waals surface area contributed by atoms with E-state index in [2.05, 4.69) is 10.6 Å². The molecule has 0 aliphatic rings. The van der Waals surface area contributed by atoms with Gasteiger partial charge in [0.2, 0.25) is 11.8 Å². The third-order valence-electron chi connectivity index (χ3n) is 6.48. The van der Waals surface area contributed by atoms with E-state index < -0.39 is 5.91 Å². The molecule has 0 atom stereocenters. The summed E-state index contributed by atoms with van der Waals surface area (Å²) in [5, 5.41) is 6.28. The van der Waals surface area contributed by atoms with Gasteiger partial charge in [-0.3, -0.25) is 14.4 Å². The highest BCUT2D eigenvalue weighted by Crippen LogP contribution is 2.26. The van der Waals surface area contributed by atoms with Crippen LogP contribution in [0.2, 0.25) is 5.02 Å². The van der Waals surface area contributed by atoms with Gasteiger partial charge in [0.05, 0.1) is 12.1 Å². The predicted octanol–water partition coefficient (Wildman–Crippen LogP) is 7.97. The molecule has 0 radical (unpaired) electrons. The Morgan fingerprint density at radius 2 is 1.55 bits per heavy atom. The fourth-order valence-corrected chi connectivity index (χ4v) is 4.43. The third-order valence-corrected chi connectivity index (χ3v) is 6.73. The highest BCUT2D eigenvalue weighted by atomic mass is 35.5. The number of carbonyl (C=O) groups is 3. The Labute approximate surface area is 248 Å². The molecule has 0 saturated carbocycles. The van der Waals surface area contributed by atoms with E-state index in [1.54, 1.807) is 66.7 Å². The van der Waals surface area contributed by atoms with Gasteiger partial charge in [0.25, 0.3) is 0 Å². The average Bonchev–Trinajstić information content (AvgIpc) is 3.48. The van der Waals surface area contributed by atoms with Gasteiger partial charge < -0.3 is 15.1 Å². The molecule has 0 unspecified atom stereocenters. The van der Waals surface area contributed by atoms with Gasteiger partial charge in [0.1, 0.15) is 11.5 Å². The first-order valence-corrected chi connectivity index (χ1v) is 13.7. The molecule has 1 aromatic heterocycles. The van der Waals surface area contributed by atoms with Gasteiger partial charge in [-0.25, -0.2) is 0 Å². The van der Waals surface area contributed by atoms with Crippen molar-refractivity contribution in [2.24, 2.45) is 0 Å². The lowest BCUT2D eigenvalue weighted by Gasteiger charge is -2.13. The zero-order chi connectivity index (χ0) is 29.5. The highest BCUT2D eigenvalue weighted by molar-refractivity contribution is 6.30. The van der Waals surface area contributed by atoms with Crippen molar-refractivity contribution in [3.05, 3.63) is 148 Å². The van der Waals surface area contributed by atoms with Crippen LogP contribution in [0.25, 0.3) is 17.4 Å². The summed E-state index contributed by atoms with van der Waals surface area (Å²) < 4.78 is 5.82. The van der Waals surface area contributed by atoms with Crippen molar-refractivity contribution in [1.29, 1.82) is 0 Å². The van der Waals surface area contributed by atoms with Crippen LogP contribution >= 0.6 is 11.6 Å². The Balaban J connectivity index is 1.32. The van der Waals surface area contributed by atoms with Crippen LogP contribution in [-0.4, -0.2) is 17.6 Å². The van der Waals surface area contributed by atoms with Crippen molar-refractivity contribution in [1.82, 2.24) is 0 Å². The summed E-state index contributed by atoms with van der Waals surface area (Å²) in [5.74, 6) is 0.210. The van der Waals surface area contributed by atoms with Crippen LogP contribution in [0.15, 0.2) is 120 Å². The molecule has 0 fully saturated rings. The second-order valence-electron chi connectivity index (χ2n) is 9.70. The van der Waals surface area contributed by atoms with Crippen molar-refractivity contribution in [2.75, 3.05) is 10.6 Å². The first kappa shape index (κ1) is 28.3. The molecular weight excluding hydrogens is 548 g/mol. The molecule has 5 aromatic rings. The molecule has 0 bridgehead atoms. The summed E-state index contributed by atoms with van der Waals surface area (Å²) in [6.07, 6.45) is 3.07. The van der Waals surface area contributed by atoms with E-state index in [-0.39, 0.29) is 23.7 Å². The number of aryl methyl sites for hydroxylation is 1. The van der Waals surface area contributed by atoms with Crippen molar-refractivity contribution in [2.45, 2.75) is 13.3 Å². The van der Waals surface area contributed by atoms with Gasteiger partial charge in [0, 0.05) is 33.5 Å². The molecule has 0 aliphatic heterocycles. The summed E-state index contributed by atoms with van der Waals surface area (Å²) in [5.41, 5.74) is 4.32. The SMILES string of the molecule is Cc1ccc(CC(=O)Nc2ccc(NC(=O)/C=C/c3ccc(-c4ccc(Cl)cc4)o3)cc2C(=O)c2ccccc2)cc1. The van der Waals surface area contributed by atoms with Gasteiger partial charge >= 0.3 is 0 Å². The van der Waals surface area contributed by atoms with Gasteiger partial charge in [-0.15, -0.1) is 0 Å². The molecule has 5 rings (SSSR count). The summed E-state index contributed by atoms with van der Waals surface area (Å²) in [6.45, 7) is 1.98. The molecule has 0 saturated heterocycles. The number of rotatable bonds is 9. The number of halogens is 1. The smallest absolute Gasteiger partial charge is 0.248 e. The molecule has 7 heteroatoms. The number of amides is 2. The van der Waals surface area contributed by atoms with E-state index in [0.29, 0.717) is 33.5 Å². The molecule has 2 amide bonds. The standard InChI is InChI=1S/C35H27ClN2O4/c1-23-7-9-24(10-8-23)21-34(40)38-31-18-15-28(22-30(31)35(41)26-5-3-2-4-6-26)37-33(39)20-17-29-16-19-32(42-29)25-11-13-27(36)14-12-25/h2-20,22H,21H2,1H3,(H,37,39)(H,38,40)/b20-17+. The second kappa shape index (κ2) is 13.0. The highest BCUT2D eigenvalue weighted by Gasteiger charge is 2.17. The first-order valence-electron chi connectivity index (χ1n) is 13.3. The van der Waals surface area contributed by atoms with Crippen molar-refractivity contribution < 1.29 is 18.8 Å². The van der Waals surface area contributed by atoms with Crippen LogP contribution in [0, 0.1) is 6.92 Å². The molecule has 208 valence electrons. The summed E-state index contributed by atoms with van der Waals surface area (Å²) >= 11 is 5.96. The minimum atomic E-state index is -0.409. The quantitative estimate of drug-likeness (QED) is 0.138. The largest absolute Gasteiger partial charge is 0.457 e. The average molecular weight is 575 g/mol. The van der Waals surface area contributed by atoms with E-state index in [1.807, 2.05) is 55.5 Å². The van der Waals surface area contributed by atoms with Crippen LogP contribution < -0.4 is 10.6 Å². The lowest BCUT2D eigenvalue weighted by molar-refractivity contribution is -0.115. The lowest BCUT2D eigenvalue weighted by atomic mass is 10.0. The summed E-state index contributed by atoms with van der Waals surface area (Å²) in [4.78, 5) is 39.0. The monoisotopic (exact) mass is 574 g/mol. The molecule has 0 aliphatic carbocycles. The fraction of sp³-hybridized carbons (Fsp3) is 0.0571. The van der Waals surface area contributed by atoms with Gasteiger partial charge in [0.15, 0.2) is 5.78 Å². The van der Waals surface area contributed by atoms with Gasteiger partial charge in [-0.05, 0) is 73.2 Å². The normalized spacial score (nSPS) is 10.9. The number of ketones is 1. The Kier molecular flexibility index (Phi) is 8.75. The maximum absolute atomic E-state index is 13.4. The van der Waals surface area contributed by atoms with Crippen LogP contribution in [0.4, 0.5) is 11.4 Å². The predicted molar refractivity (Wildman–Crippen MR) is 167 cm³/mol. The van der Waals surface area contributed by atoms with Crippen LogP contribution in [0.1, 0.15) is 32.8 Å². The molecule has 42 heavy (non-hydrogen) atoms. The van der Waals surface area contributed by atoms with Crippen molar-refractivity contribution in [3.8, 4) is 11.3 Å². The molecule has 0 spiro atoms. The number of anilines is 2. The van der Waals surface area contributed by atoms with Crippen LogP contribution in [0.3, 0.4) is 0 Å². The first-order chi connectivity index (χ1) is 20.3. The summed E-state index contributed by atoms with van der Waals surface area (Å²) in [7, 11) is 0. The number of hydrogen-bond donors (Lipinski definition) is 2. The zero-order valence-electron chi connectivity index (χ0n) is 22.8. The van der Waals surface area contributed by atoms with Gasteiger partial charge in [-0.1, -0.05) is 71.8 Å². The molecular formula is C35H27ClN2O4. The lowest BCUT2D eigenvalue weighted by Crippen LogP contribution is -2.18. The topological polar surface area (TPSA) is 88.4 Å². The Bertz CT molecular complexity index is 1760. The number of carbonyl (C=O) groups excluding carboxylic acids is 3. The number of furan rings is 1.